The lowest BCUT2D eigenvalue weighted by molar-refractivity contribution is -0.137. The van der Waals surface area contributed by atoms with Crippen molar-refractivity contribution in [1.82, 2.24) is 10.9 Å². The Labute approximate surface area is 181 Å². The van der Waals surface area contributed by atoms with Crippen LogP contribution in [0, 0.1) is 4.91 Å². The maximum Gasteiger partial charge on any atom is 0.416 e. The molecule has 2 aromatic rings. The van der Waals surface area contributed by atoms with Gasteiger partial charge in [-0.25, -0.2) is 10.2 Å². The Morgan fingerprint density at radius 3 is 2.44 bits per heavy atom. The van der Waals surface area contributed by atoms with Crippen LogP contribution in [0.25, 0.3) is 0 Å². The van der Waals surface area contributed by atoms with Crippen LogP contribution in [0.15, 0.2) is 65.4 Å². The number of benzene rings is 2. The molecule has 11 heteroatoms. The molecule has 168 valence electrons. The minimum atomic E-state index is -4.53. The van der Waals surface area contributed by atoms with Gasteiger partial charge < -0.3 is 10.2 Å². The number of anilines is 2. The number of hydrazine groups is 1. The monoisotopic (exact) mass is 447 g/mol. The summed E-state index contributed by atoms with van der Waals surface area (Å²) in [6.45, 7) is 1.26. The molecule has 0 aliphatic carbocycles. The van der Waals surface area contributed by atoms with E-state index in [9.17, 15) is 27.7 Å². The Morgan fingerprint density at radius 2 is 1.81 bits per heavy atom. The van der Waals surface area contributed by atoms with Gasteiger partial charge in [0.1, 0.15) is 5.69 Å². The number of halogens is 3. The standard InChI is InChI=1S/C21H20F3N5O3/c22-21(23,24)15-2-1-3-17(13-15)25-20(31)27-26-19(30)12-14-8-10-29(11-9-14)18-6-4-16(28-32)5-7-18/h1-8,13H,9-12H2,(H,26,30)(H2,25,27,31). The van der Waals surface area contributed by atoms with Crippen LogP contribution in [0.1, 0.15) is 18.4 Å². The first-order valence-electron chi connectivity index (χ1n) is 9.64. The molecule has 0 radical (unpaired) electrons. The van der Waals surface area contributed by atoms with Crippen LogP contribution in [0.4, 0.5) is 35.0 Å². The molecule has 3 rings (SSSR count). The van der Waals surface area contributed by atoms with Gasteiger partial charge in [0.05, 0.1) is 5.56 Å². The maximum atomic E-state index is 12.7. The van der Waals surface area contributed by atoms with E-state index in [1.54, 1.807) is 24.3 Å². The Kier molecular flexibility index (Phi) is 7.08. The van der Waals surface area contributed by atoms with Crippen molar-refractivity contribution in [1.29, 1.82) is 0 Å². The SMILES string of the molecule is O=Nc1ccc(N2CC=C(CC(=O)NNC(=O)Nc3cccc(C(F)(F)F)c3)CC2)cc1. The second kappa shape index (κ2) is 9.94. The van der Waals surface area contributed by atoms with Gasteiger partial charge in [0.25, 0.3) is 0 Å². The minimum absolute atomic E-state index is 0.0568. The summed E-state index contributed by atoms with van der Waals surface area (Å²) in [5, 5.41) is 5.10. The fraction of sp³-hybridized carbons (Fsp3) is 0.238. The molecule has 3 N–H and O–H groups in total. The first-order valence-corrected chi connectivity index (χ1v) is 9.64. The third-order valence-electron chi connectivity index (χ3n) is 4.77. The molecule has 0 bridgehead atoms. The van der Waals surface area contributed by atoms with E-state index in [0.717, 1.165) is 23.4 Å². The second-order valence-corrected chi connectivity index (χ2v) is 7.05. The smallest absolute Gasteiger partial charge is 0.367 e. The highest BCUT2D eigenvalue weighted by Gasteiger charge is 2.30. The van der Waals surface area contributed by atoms with Crippen molar-refractivity contribution in [3.05, 3.63) is 70.7 Å². The summed E-state index contributed by atoms with van der Waals surface area (Å²) in [5.74, 6) is -0.453. The van der Waals surface area contributed by atoms with Crippen molar-refractivity contribution in [2.75, 3.05) is 23.3 Å². The fourth-order valence-electron chi connectivity index (χ4n) is 3.14. The van der Waals surface area contributed by atoms with Crippen LogP contribution < -0.4 is 21.1 Å². The quantitative estimate of drug-likeness (QED) is 0.357. The summed E-state index contributed by atoms with van der Waals surface area (Å²) in [5.41, 5.74) is 5.58. The molecule has 0 spiro atoms. The Hall–Kier alpha value is -3.89. The number of rotatable bonds is 5. The van der Waals surface area contributed by atoms with E-state index in [1.165, 1.54) is 12.1 Å². The van der Waals surface area contributed by atoms with Gasteiger partial charge in [0, 0.05) is 30.9 Å². The molecule has 1 aliphatic rings. The number of urea groups is 1. The van der Waals surface area contributed by atoms with Crippen LogP contribution in [-0.4, -0.2) is 25.0 Å². The minimum Gasteiger partial charge on any atom is -0.367 e. The number of carbonyl (C=O) groups is 2. The fourth-order valence-corrected chi connectivity index (χ4v) is 3.14. The predicted octanol–water partition coefficient (Wildman–Crippen LogP) is 4.48. The van der Waals surface area contributed by atoms with E-state index >= 15 is 0 Å². The number of carbonyl (C=O) groups excluding carboxylic acids is 2. The number of amides is 3. The average Bonchev–Trinajstić information content (AvgIpc) is 2.78. The molecule has 0 saturated carbocycles. The first kappa shape index (κ1) is 22.8. The van der Waals surface area contributed by atoms with E-state index in [2.05, 4.69) is 26.2 Å². The van der Waals surface area contributed by atoms with Gasteiger partial charge in [0.2, 0.25) is 5.91 Å². The number of hydrogen-bond acceptors (Lipinski definition) is 5. The van der Waals surface area contributed by atoms with Gasteiger partial charge in [-0.15, -0.1) is 4.91 Å². The normalized spacial score (nSPS) is 13.7. The number of alkyl halides is 3. The highest BCUT2D eigenvalue weighted by Crippen LogP contribution is 2.30. The van der Waals surface area contributed by atoms with Crippen LogP contribution in [0.2, 0.25) is 0 Å². The van der Waals surface area contributed by atoms with E-state index in [1.807, 2.05) is 6.08 Å². The Morgan fingerprint density at radius 1 is 1.06 bits per heavy atom. The average molecular weight is 447 g/mol. The van der Waals surface area contributed by atoms with Crippen molar-refractivity contribution in [2.24, 2.45) is 5.18 Å². The van der Waals surface area contributed by atoms with Gasteiger partial charge >= 0.3 is 12.2 Å². The molecule has 0 atom stereocenters. The molecule has 1 aliphatic heterocycles. The molecule has 0 unspecified atom stereocenters. The van der Waals surface area contributed by atoms with E-state index in [-0.39, 0.29) is 12.1 Å². The molecule has 3 amide bonds. The van der Waals surface area contributed by atoms with Crippen molar-refractivity contribution in [2.45, 2.75) is 19.0 Å². The summed E-state index contributed by atoms with van der Waals surface area (Å²) in [6, 6.07) is 10.2. The molecule has 1 heterocycles. The van der Waals surface area contributed by atoms with Gasteiger partial charge in [-0.05, 0) is 54.1 Å². The third kappa shape index (κ3) is 6.30. The van der Waals surface area contributed by atoms with Crippen LogP contribution >= 0.6 is 0 Å². The maximum absolute atomic E-state index is 12.7. The third-order valence-corrected chi connectivity index (χ3v) is 4.77. The topological polar surface area (TPSA) is 103 Å². The lowest BCUT2D eigenvalue weighted by Crippen LogP contribution is -2.44. The molecular weight excluding hydrogens is 427 g/mol. The Bertz CT molecular complexity index is 1020. The zero-order chi connectivity index (χ0) is 23.1. The highest BCUT2D eigenvalue weighted by molar-refractivity contribution is 5.91. The molecule has 0 fully saturated rings. The zero-order valence-corrected chi connectivity index (χ0v) is 16.8. The molecule has 0 aromatic heterocycles. The van der Waals surface area contributed by atoms with Gasteiger partial charge in [-0.2, -0.15) is 13.2 Å². The number of nitroso groups, excluding NO2 is 1. The lowest BCUT2D eigenvalue weighted by atomic mass is 10.0. The van der Waals surface area contributed by atoms with Gasteiger partial charge in [0.15, 0.2) is 0 Å². The molecule has 0 saturated heterocycles. The lowest BCUT2D eigenvalue weighted by Gasteiger charge is -2.28. The van der Waals surface area contributed by atoms with Gasteiger partial charge in [-0.3, -0.25) is 10.2 Å². The van der Waals surface area contributed by atoms with Crippen LogP contribution in [0.3, 0.4) is 0 Å². The summed E-state index contributed by atoms with van der Waals surface area (Å²) in [4.78, 5) is 36.5. The molecule has 8 nitrogen and oxygen atoms in total. The van der Waals surface area contributed by atoms with Crippen molar-refractivity contribution in [3.8, 4) is 0 Å². The van der Waals surface area contributed by atoms with Crippen molar-refractivity contribution < 1.29 is 22.8 Å². The molecule has 32 heavy (non-hydrogen) atoms. The Balaban J connectivity index is 1.44. The van der Waals surface area contributed by atoms with Crippen LogP contribution in [-0.2, 0) is 11.0 Å². The van der Waals surface area contributed by atoms with Crippen LogP contribution in [0.5, 0.6) is 0 Å². The van der Waals surface area contributed by atoms with Gasteiger partial charge in [-0.1, -0.05) is 17.7 Å². The first-order chi connectivity index (χ1) is 15.2. The van der Waals surface area contributed by atoms with E-state index < -0.39 is 23.7 Å². The molecular formula is C21H20F3N5O3. The largest absolute Gasteiger partial charge is 0.416 e. The zero-order valence-electron chi connectivity index (χ0n) is 16.8. The predicted molar refractivity (Wildman–Crippen MR) is 113 cm³/mol. The second-order valence-electron chi connectivity index (χ2n) is 7.05. The number of nitrogens with one attached hydrogen (secondary N) is 3. The highest BCUT2D eigenvalue weighted by atomic mass is 19.4. The van der Waals surface area contributed by atoms with Crippen molar-refractivity contribution in [3.63, 3.8) is 0 Å². The van der Waals surface area contributed by atoms with Crippen molar-refractivity contribution >= 4 is 29.0 Å². The number of nitrogens with zero attached hydrogens (tertiary/aromatic N) is 2. The summed E-state index contributed by atoms with van der Waals surface area (Å²) >= 11 is 0. The summed E-state index contributed by atoms with van der Waals surface area (Å²) in [7, 11) is 0. The number of hydrogen-bond donors (Lipinski definition) is 3. The summed E-state index contributed by atoms with van der Waals surface area (Å²) in [6.07, 6.45) is -1.90. The molecule has 2 aromatic carbocycles. The van der Waals surface area contributed by atoms with E-state index in [0.29, 0.717) is 25.2 Å². The van der Waals surface area contributed by atoms with E-state index in [4.69, 9.17) is 0 Å². The summed E-state index contributed by atoms with van der Waals surface area (Å²) < 4.78 is 38.2.